The number of rotatable bonds is 8. The van der Waals surface area contributed by atoms with Crippen molar-refractivity contribution in [1.82, 2.24) is 0 Å². The first kappa shape index (κ1) is 33.4. The summed E-state index contributed by atoms with van der Waals surface area (Å²) < 4.78 is 6.11. The number of fused-ring (bicyclic) bond motifs is 3. The maximum Gasteiger partial charge on any atom is 0.135 e. The van der Waals surface area contributed by atoms with Gasteiger partial charge in [-0.25, -0.2) is 0 Å². The van der Waals surface area contributed by atoms with Crippen molar-refractivity contribution in [2.45, 2.75) is 12.3 Å². The molecule has 9 aromatic rings. The summed E-state index contributed by atoms with van der Waals surface area (Å²) in [5.41, 5.74) is 16.3. The zero-order valence-corrected chi connectivity index (χ0v) is 30.9. The minimum Gasteiger partial charge on any atom is -0.456 e. The molecular weight excluding hydrogens is 679 g/mol. The van der Waals surface area contributed by atoms with Crippen molar-refractivity contribution in [3.63, 3.8) is 0 Å². The number of para-hydroxylation sites is 1. The van der Waals surface area contributed by atoms with E-state index in [2.05, 4.69) is 211 Å². The van der Waals surface area contributed by atoms with Crippen LogP contribution < -0.4 is 4.90 Å². The standard InChI is InChI=1S/C54H39NO/c1-4-12-38(13-5-1)41-20-27-48(28-21-41)55(49-29-22-42(23-30-49)44-26-33-54-52(37-44)51-18-10-11-19-53(51)56-54)50-31-24-43(25-32-50)47-35-45(39-14-6-2-7-15-39)34-46(36-47)40-16-8-3-9-17-40/h1-35,37,46H,36H2. The molecule has 0 bridgehead atoms. The second-order valence-corrected chi connectivity index (χ2v) is 14.5. The maximum atomic E-state index is 6.11. The molecule has 0 spiro atoms. The summed E-state index contributed by atoms with van der Waals surface area (Å²) in [7, 11) is 0. The highest BCUT2D eigenvalue weighted by atomic mass is 16.3. The van der Waals surface area contributed by atoms with Gasteiger partial charge in [-0.15, -0.1) is 0 Å². The number of anilines is 3. The molecule has 1 aromatic heterocycles. The lowest BCUT2D eigenvalue weighted by molar-refractivity contribution is 0.669. The van der Waals surface area contributed by atoms with Gasteiger partial charge in [0, 0.05) is 33.8 Å². The van der Waals surface area contributed by atoms with E-state index in [9.17, 15) is 0 Å². The van der Waals surface area contributed by atoms with Crippen LogP contribution >= 0.6 is 0 Å². The quantitative estimate of drug-likeness (QED) is 0.156. The van der Waals surface area contributed by atoms with Crippen LogP contribution in [0.2, 0.25) is 0 Å². The van der Waals surface area contributed by atoms with E-state index < -0.39 is 0 Å². The first-order chi connectivity index (χ1) is 27.7. The van der Waals surface area contributed by atoms with Crippen LogP contribution in [0.5, 0.6) is 0 Å². The van der Waals surface area contributed by atoms with Gasteiger partial charge in [-0.1, -0.05) is 164 Å². The summed E-state index contributed by atoms with van der Waals surface area (Å²) in [5.74, 6) is 0.303. The Bertz CT molecular complexity index is 2830. The molecule has 0 fully saturated rings. The van der Waals surface area contributed by atoms with Crippen LogP contribution in [-0.2, 0) is 0 Å². The SMILES string of the molecule is C1=C(c2ccccc2)C=C(c2ccc(N(c3ccc(-c4ccccc4)cc3)c3ccc(-c4ccc5oc6ccccc6c5c4)cc3)cc2)CC1c1ccccc1. The van der Waals surface area contributed by atoms with E-state index in [0.29, 0.717) is 5.92 Å². The van der Waals surface area contributed by atoms with Crippen LogP contribution in [0.1, 0.15) is 29.0 Å². The van der Waals surface area contributed by atoms with Gasteiger partial charge in [-0.3, -0.25) is 0 Å². The highest BCUT2D eigenvalue weighted by molar-refractivity contribution is 6.06. The third-order valence-electron chi connectivity index (χ3n) is 11.0. The molecule has 8 aromatic carbocycles. The van der Waals surface area contributed by atoms with Crippen molar-refractivity contribution in [3.05, 3.63) is 235 Å². The number of hydrogen-bond acceptors (Lipinski definition) is 2. The fraction of sp³-hybridized carbons (Fsp3) is 0.0370. The van der Waals surface area contributed by atoms with Gasteiger partial charge < -0.3 is 9.32 Å². The van der Waals surface area contributed by atoms with Crippen LogP contribution in [0.3, 0.4) is 0 Å². The van der Waals surface area contributed by atoms with Crippen molar-refractivity contribution >= 4 is 50.1 Å². The smallest absolute Gasteiger partial charge is 0.135 e. The molecule has 1 atom stereocenters. The fourth-order valence-corrected chi connectivity index (χ4v) is 8.15. The molecule has 0 amide bonds. The highest BCUT2D eigenvalue weighted by Gasteiger charge is 2.20. The van der Waals surface area contributed by atoms with Crippen LogP contribution in [0.4, 0.5) is 17.1 Å². The van der Waals surface area contributed by atoms with E-state index >= 15 is 0 Å². The van der Waals surface area contributed by atoms with Gasteiger partial charge in [-0.05, 0) is 111 Å². The van der Waals surface area contributed by atoms with Gasteiger partial charge in [0.1, 0.15) is 11.2 Å². The van der Waals surface area contributed by atoms with Gasteiger partial charge in [0.05, 0.1) is 0 Å². The third kappa shape index (κ3) is 6.52. The lowest BCUT2D eigenvalue weighted by atomic mass is 9.81. The number of furan rings is 1. The number of benzene rings is 8. The van der Waals surface area contributed by atoms with Crippen LogP contribution in [0.15, 0.2) is 223 Å². The molecule has 1 aliphatic carbocycles. The second kappa shape index (κ2) is 14.6. The minimum atomic E-state index is 0.303. The third-order valence-corrected chi connectivity index (χ3v) is 11.0. The molecule has 2 nitrogen and oxygen atoms in total. The molecule has 0 radical (unpaired) electrons. The maximum absolute atomic E-state index is 6.11. The highest BCUT2D eigenvalue weighted by Crippen LogP contribution is 2.42. The molecule has 1 heterocycles. The van der Waals surface area contributed by atoms with Crippen LogP contribution in [0, 0.1) is 0 Å². The summed E-state index contributed by atoms with van der Waals surface area (Å²) in [5, 5.41) is 2.28. The van der Waals surface area contributed by atoms with Crippen molar-refractivity contribution in [3.8, 4) is 22.3 Å². The van der Waals surface area contributed by atoms with Gasteiger partial charge >= 0.3 is 0 Å². The molecule has 1 aliphatic rings. The van der Waals surface area contributed by atoms with Gasteiger partial charge in [-0.2, -0.15) is 0 Å². The largest absolute Gasteiger partial charge is 0.456 e. The Morgan fingerprint density at radius 2 is 0.875 bits per heavy atom. The van der Waals surface area contributed by atoms with E-state index in [1.54, 1.807) is 0 Å². The Morgan fingerprint density at radius 1 is 0.393 bits per heavy atom. The molecule has 1 unspecified atom stereocenters. The summed E-state index contributed by atoms with van der Waals surface area (Å²) in [4.78, 5) is 2.35. The molecular formula is C54H39NO. The van der Waals surface area contributed by atoms with Crippen molar-refractivity contribution in [1.29, 1.82) is 0 Å². The van der Waals surface area contributed by atoms with E-state index in [4.69, 9.17) is 4.42 Å². The predicted molar refractivity (Wildman–Crippen MR) is 235 cm³/mol. The molecule has 56 heavy (non-hydrogen) atoms. The Labute approximate surface area is 327 Å². The van der Waals surface area contributed by atoms with E-state index in [1.807, 2.05) is 12.1 Å². The van der Waals surface area contributed by atoms with Gasteiger partial charge in [0.25, 0.3) is 0 Å². The number of allylic oxidation sites excluding steroid dienone is 4. The average Bonchev–Trinajstić information content (AvgIpc) is 3.66. The summed E-state index contributed by atoms with van der Waals surface area (Å²) in [6.45, 7) is 0. The van der Waals surface area contributed by atoms with Crippen molar-refractivity contribution in [2.75, 3.05) is 4.90 Å². The van der Waals surface area contributed by atoms with Crippen LogP contribution in [-0.4, -0.2) is 0 Å². The van der Waals surface area contributed by atoms with Crippen molar-refractivity contribution < 1.29 is 4.42 Å². The van der Waals surface area contributed by atoms with E-state index in [-0.39, 0.29) is 0 Å². The first-order valence-electron chi connectivity index (χ1n) is 19.3. The minimum absolute atomic E-state index is 0.303. The molecule has 0 saturated carbocycles. The summed E-state index contributed by atoms with van der Waals surface area (Å²) >= 11 is 0. The molecule has 2 heteroatoms. The van der Waals surface area contributed by atoms with Gasteiger partial charge in [0.2, 0.25) is 0 Å². The molecule has 10 rings (SSSR count). The molecule has 0 aliphatic heterocycles. The second-order valence-electron chi connectivity index (χ2n) is 14.5. The fourth-order valence-electron chi connectivity index (χ4n) is 8.15. The number of nitrogens with zero attached hydrogens (tertiary/aromatic N) is 1. The zero-order chi connectivity index (χ0) is 37.3. The molecule has 266 valence electrons. The van der Waals surface area contributed by atoms with Crippen LogP contribution in [0.25, 0.3) is 55.3 Å². The normalized spacial score (nSPS) is 14.0. The lowest BCUT2D eigenvalue weighted by Gasteiger charge is -2.27. The zero-order valence-electron chi connectivity index (χ0n) is 30.9. The predicted octanol–water partition coefficient (Wildman–Crippen LogP) is 15.0. The number of hydrogen-bond donors (Lipinski definition) is 0. The summed E-state index contributed by atoms with van der Waals surface area (Å²) in [6, 6.07) is 73.9. The molecule has 0 saturated heterocycles. The Balaban J connectivity index is 1.01. The lowest BCUT2D eigenvalue weighted by Crippen LogP contribution is -2.10. The summed E-state index contributed by atoms with van der Waals surface area (Å²) in [6.07, 6.45) is 5.76. The van der Waals surface area contributed by atoms with Crippen molar-refractivity contribution in [2.24, 2.45) is 0 Å². The average molecular weight is 718 g/mol. The Morgan fingerprint density at radius 3 is 1.52 bits per heavy atom. The Kier molecular flexibility index (Phi) is 8.70. The van der Waals surface area contributed by atoms with E-state index in [1.165, 1.54) is 39.0 Å². The van der Waals surface area contributed by atoms with E-state index in [0.717, 1.165) is 56.5 Å². The van der Waals surface area contributed by atoms with Gasteiger partial charge in [0.15, 0.2) is 0 Å². The Hall–Kier alpha value is -7.16. The topological polar surface area (TPSA) is 16.4 Å². The first-order valence-corrected chi connectivity index (χ1v) is 19.3. The molecule has 0 N–H and O–H groups in total. The monoisotopic (exact) mass is 717 g/mol.